The Morgan fingerprint density at radius 1 is 1.37 bits per heavy atom. The van der Waals surface area contributed by atoms with E-state index >= 15 is 0 Å². The number of rotatable bonds is 7. The molecular weight excluding hydrogens is 246 g/mol. The topological polar surface area (TPSA) is 93.3 Å². The second-order valence-electron chi connectivity index (χ2n) is 4.43. The number of fused-ring (bicyclic) bond motifs is 1. The molecule has 1 aromatic heterocycles. The predicted molar refractivity (Wildman–Crippen MR) is 75.5 cm³/mol. The molecule has 0 amide bonds. The Balaban J connectivity index is 1.92. The molecule has 0 radical (unpaired) electrons. The van der Waals surface area contributed by atoms with Gasteiger partial charge in [-0.05, 0) is 25.3 Å². The quantitative estimate of drug-likeness (QED) is 0.525. The van der Waals surface area contributed by atoms with Crippen molar-refractivity contribution in [3.63, 3.8) is 0 Å². The van der Waals surface area contributed by atoms with E-state index in [0.29, 0.717) is 16.8 Å². The molecule has 0 spiro atoms. The Hall–Kier alpha value is -1.95. The van der Waals surface area contributed by atoms with Gasteiger partial charge in [-0.15, -0.1) is 0 Å². The standard InChI is InChI=1S/C13H19N3O3/c1-18-6-4-2-3-5-15-10-8-11-12(7-9(10)14)19-13(17)16-11/h7-8,15H,2-6,14H2,1H3,(H,16,17). The van der Waals surface area contributed by atoms with E-state index in [9.17, 15) is 4.79 Å². The van der Waals surface area contributed by atoms with Crippen LogP contribution < -0.4 is 16.8 Å². The number of hydrogen-bond donors (Lipinski definition) is 3. The third-order valence-corrected chi connectivity index (χ3v) is 2.93. The SMILES string of the molecule is COCCCCCNc1cc2[nH]c(=O)oc2cc1N. The van der Waals surface area contributed by atoms with Crippen LogP contribution in [0.4, 0.5) is 11.4 Å². The van der Waals surface area contributed by atoms with Gasteiger partial charge >= 0.3 is 5.76 Å². The number of methoxy groups -OCH3 is 1. The number of aromatic amines is 1. The maximum Gasteiger partial charge on any atom is 0.417 e. The average Bonchev–Trinajstić information content (AvgIpc) is 2.72. The molecule has 0 aliphatic carbocycles. The lowest BCUT2D eigenvalue weighted by atomic mass is 10.2. The minimum Gasteiger partial charge on any atom is -0.408 e. The Morgan fingerprint density at radius 3 is 3.00 bits per heavy atom. The highest BCUT2D eigenvalue weighted by Crippen LogP contribution is 2.24. The van der Waals surface area contributed by atoms with E-state index in [-0.39, 0.29) is 0 Å². The fraction of sp³-hybridized carbons (Fsp3) is 0.462. The highest BCUT2D eigenvalue weighted by atomic mass is 16.5. The van der Waals surface area contributed by atoms with E-state index in [0.717, 1.165) is 38.1 Å². The number of anilines is 2. The van der Waals surface area contributed by atoms with Gasteiger partial charge in [-0.2, -0.15) is 0 Å². The van der Waals surface area contributed by atoms with Crippen molar-refractivity contribution in [2.24, 2.45) is 0 Å². The number of H-pyrrole nitrogens is 1. The largest absolute Gasteiger partial charge is 0.417 e. The van der Waals surface area contributed by atoms with E-state index < -0.39 is 5.76 Å². The lowest BCUT2D eigenvalue weighted by Gasteiger charge is -2.09. The van der Waals surface area contributed by atoms with Crippen LogP contribution in [0, 0.1) is 0 Å². The summed E-state index contributed by atoms with van der Waals surface area (Å²) in [7, 11) is 1.71. The summed E-state index contributed by atoms with van der Waals surface area (Å²) in [6.07, 6.45) is 3.20. The maximum atomic E-state index is 11.1. The molecule has 6 nitrogen and oxygen atoms in total. The molecule has 0 fully saturated rings. The molecule has 104 valence electrons. The summed E-state index contributed by atoms with van der Waals surface area (Å²) in [6, 6.07) is 3.45. The maximum absolute atomic E-state index is 11.1. The van der Waals surface area contributed by atoms with E-state index in [1.165, 1.54) is 0 Å². The molecule has 2 rings (SSSR count). The van der Waals surface area contributed by atoms with Crippen LogP contribution in [0.1, 0.15) is 19.3 Å². The van der Waals surface area contributed by atoms with Gasteiger partial charge in [0, 0.05) is 26.3 Å². The highest BCUT2D eigenvalue weighted by molar-refractivity contribution is 5.85. The number of nitrogens with two attached hydrogens (primary N) is 1. The zero-order chi connectivity index (χ0) is 13.7. The number of hydrogen-bond acceptors (Lipinski definition) is 5. The molecule has 0 atom stereocenters. The van der Waals surface area contributed by atoms with Gasteiger partial charge in [0.15, 0.2) is 5.58 Å². The molecule has 4 N–H and O–H groups in total. The number of nitrogens with one attached hydrogen (secondary N) is 2. The van der Waals surface area contributed by atoms with Crippen molar-refractivity contribution >= 4 is 22.5 Å². The first-order valence-electron chi connectivity index (χ1n) is 6.36. The third-order valence-electron chi connectivity index (χ3n) is 2.93. The number of nitrogen functional groups attached to an aromatic ring is 1. The van der Waals surface area contributed by atoms with Gasteiger partial charge in [0.25, 0.3) is 0 Å². The molecule has 0 saturated carbocycles. The number of aromatic nitrogens is 1. The van der Waals surface area contributed by atoms with Gasteiger partial charge in [0.2, 0.25) is 0 Å². The second kappa shape index (κ2) is 6.29. The van der Waals surface area contributed by atoms with Gasteiger partial charge in [0.1, 0.15) is 0 Å². The Morgan fingerprint density at radius 2 is 2.21 bits per heavy atom. The van der Waals surface area contributed by atoms with Gasteiger partial charge in [-0.25, -0.2) is 4.79 Å². The molecular formula is C13H19N3O3. The van der Waals surface area contributed by atoms with E-state index in [2.05, 4.69) is 10.3 Å². The lowest BCUT2D eigenvalue weighted by molar-refractivity contribution is 0.192. The summed E-state index contributed by atoms with van der Waals surface area (Å²) >= 11 is 0. The smallest absolute Gasteiger partial charge is 0.408 e. The summed E-state index contributed by atoms with van der Waals surface area (Å²) < 4.78 is 9.93. The van der Waals surface area contributed by atoms with Crippen molar-refractivity contribution in [2.45, 2.75) is 19.3 Å². The average molecular weight is 265 g/mol. The van der Waals surface area contributed by atoms with Crippen LogP contribution >= 0.6 is 0 Å². The molecule has 2 aromatic rings. The van der Waals surface area contributed by atoms with Crippen molar-refractivity contribution < 1.29 is 9.15 Å². The lowest BCUT2D eigenvalue weighted by Crippen LogP contribution is -2.04. The normalized spacial score (nSPS) is 11.0. The summed E-state index contributed by atoms with van der Waals surface area (Å²) in [4.78, 5) is 13.7. The first-order valence-corrected chi connectivity index (χ1v) is 6.36. The molecule has 0 aliphatic rings. The van der Waals surface area contributed by atoms with E-state index in [4.69, 9.17) is 14.9 Å². The fourth-order valence-corrected chi connectivity index (χ4v) is 1.94. The predicted octanol–water partition coefficient (Wildman–Crippen LogP) is 1.93. The van der Waals surface area contributed by atoms with Crippen molar-refractivity contribution in [2.75, 3.05) is 31.3 Å². The van der Waals surface area contributed by atoms with E-state index in [1.54, 1.807) is 19.2 Å². The Bertz CT molecular complexity index is 588. The first-order chi connectivity index (χ1) is 9.20. The fourth-order valence-electron chi connectivity index (χ4n) is 1.94. The van der Waals surface area contributed by atoms with Crippen LogP contribution in [-0.4, -0.2) is 25.2 Å². The first kappa shape index (κ1) is 13.5. The number of unbranched alkanes of at least 4 members (excludes halogenated alkanes) is 2. The minimum absolute atomic E-state index is 0.467. The van der Waals surface area contributed by atoms with Crippen LogP contribution in [0.2, 0.25) is 0 Å². The zero-order valence-electron chi connectivity index (χ0n) is 11.0. The molecule has 6 heteroatoms. The molecule has 0 bridgehead atoms. The monoisotopic (exact) mass is 265 g/mol. The van der Waals surface area contributed by atoms with Gasteiger partial charge in [0.05, 0.1) is 16.9 Å². The van der Waals surface area contributed by atoms with Crippen molar-refractivity contribution in [3.05, 3.63) is 22.7 Å². The highest BCUT2D eigenvalue weighted by Gasteiger charge is 2.06. The van der Waals surface area contributed by atoms with Crippen molar-refractivity contribution in [1.82, 2.24) is 4.98 Å². The second-order valence-corrected chi connectivity index (χ2v) is 4.43. The van der Waals surface area contributed by atoms with E-state index in [1.807, 2.05) is 0 Å². The van der Waals surface area contributed by atoms with Gasteiger partial charge in [-0.3, -0.25) is 4.98 Å². The molecule has 1 aromatic carbocycles. The minimum atomic E-state index is -0.467. The Kier molecular flexibility index (Phi) is 4.46. The molecule has 0 unspecified atom stereocenters. The van der Waals surface area contributed by atoms with Crippen LogP contribution in [0.3, 0.4) is 0 Å². The number of benzene rings is 1. The van der Waals surface area contributed by atoms with Gasteiger partial charge in [-0.1, -0.05) is 0 Å². The van der Waals surface area contributed by atoms with Crippen molar-refractivity contribution in [3.8, 4) is 0 Å². The Labute approximate surface area is 110 Å². The van der Waals surface area contributed by atoms with Crippen LogP contribution in [0.5, 0.6) is 0 Å². The summed E-state index contributed by atoms with van der Waals surface area (Å²) in [6.45, 7) is 1.63. The molecule has 0 aliphatic heterocycles. The summed E-state index contributed by atoms with van der Waals surface area (Å²) in [5, 5.41) is 3.26. The van der Waals surface area contributed by atoms with Crippen LogP contribution in [0.25, 0.3) is 11.1 Å². The number of ether oxygens (including phenoxy) is 1. The van der Waals surface area contributed by atoms with Crippen LogP contribution in [0.15, 0.2) is 21.3 Å². The summed E-state index contributed by atoms with van der Waals surface area (Å²) in [5.74, 6) is -0.467. The van der Waals surface area contributed by atoms with Gasteiger partial charge < -0.3 is 20.2 Å². The van der Waals surface area contributed by atoms with Crippen molar-refractivity contribution in [1.29, 1.82) is 0 Å². The number of oxazole rings is 1. The molecule has 1 heterocycles. The summed E-state index contributed by atoms with van der Waals surface area (Å²) in [5.41, 5.74) is 8.43. The van der Waals surface area contributed by atoms with Crippen LogP contribution in [-0.2, 0) is 4.74 Å². The molecule has 19 heavy (non-hydrogen) atoms. The molecule has 0 saturated heterocycles. The third kappa shape index (κ3) is 3.51. The zero-order valence-corrected chi connectivity index (χ0v) is 11.0.